The number of ether oxygens (including phenoxy) is 1. The largest absolute Gasteiger partial charge is 0.383 e. The number of halogens is 1. The van der Waals surface area contributed by atoms with Gasteiger partial charge >= 0.3 is 0 Å². The Balaban J connectivity index is 1.65. The van der Waals surface area contributed by atoms with Crippen LogP contribution in [-0.4, -0.2) is 87.5 Å². The van der Waals surface area contributed by atoms with E-state index in [0.717, 1.165) is 12.5 Å². The van der Waals surface area contributed by atoms with Gasteiger partial charge in [-0.1, -0.05) is 6.07 Å². The molecule has 0 spiro atoms. The molecule has 0 radical (unpaired) electrons. The van der Waals surface area contributed by atoms with Crippen LogP contribution in [-0.2, 0) is 19.6 Å². The van der Waals surface area contributed by atoms with Crippen LogP contribution in [0.5, 0.6) is 0 Å². The molecule has 1 unspecified atom stereocenters. The van der Waals surface area contributed by atoms with E-state index in [1.807, 2.05) is 0 Å². The van der Waals surface area contributed by atoms with Gasteiger partial charge in [-0.3, -0.25) is 9.69 Å². The number of carbonyl (C=O) groups excluding carboxylic acids is 1. The van der Waals surface area contributed by atoms with Gasteiger partial charge in [0, 0.05) is 46.4 Å². The first-order valence-electron chi connectivity index (χ1n) is 9.21. The van der Waals surface area contributed by atoms with E-state index < -0.39 is 15.8 Å². The number of nitrogens with zero attached hydrogens (tertiary/aromatic N) is 3. The average Bonchev–Trinajstić information content (AvgIpc) is 2.85. The highest BCUT2D eigenvalue weighted by molar-refractivity contribution is 7.89. The van der Waals surface area contributed by atoms with Crippen LogP contribution in [0.15, 0.2) is 29.2 Å². The van der Waals surface area contributed by atoms with Gasteiger partial charge < -0.3 is 9.64 Å². The molecule has 2 aliphatic heterocycles. The summed E-state index contributed by atoms with van der Waals surface area (Å²) in [4.78, 5) is 16.5. The summed E-state index contributed by atoms with van der Waals surface area (Å²) in [7, 11) is -2.12. The first kappa shape index (κ1) is 20.2. The summed E-state index contributed by atoms with van der Waals surface area (Å²) in [6.07, 6.45) is 1.38. The lowest BCUT2D eigenvalue weighted by molar-refractivity contribution is -0.132. The second kappa shape index (κ2) is 8.64. The molecule has 7 nitrogen and oxygen atoms in total. The zero-order valence-corrected chi connectivity index (χ0v) is 16.3. The third-order valence-electron chi connectivity index (χ3n) is 5.20. The van der Waals surface area contributed by atoms with Crippen molar-refractivity contribution in [3.05, 3.63) is 30.1 Å². The molecule has 1 amide bonds. The fourth-order valence-electron chi connectivity index (χ4n) is 3.73. The Bertz CT molecular complexity index is 774. The molecule has 2 aliphatic rings. The summed E-state index contributed by atoms with van der Waals surface area (Å²) in [5.74, 6) is -0.478. The Morgan fingerprint density at radius 1 is 1.19 bits per heavy atom. The molecule has 0 aliphatic carbocycles. The molecule has 150 valence electrons. The highest BCUT2D eigenvalue weighted by atomic mass is 32.2. The van der Waals surface area contributed by atoms with Crippen LogP contribution >= 0.6 is 0 Å². The minimum absolute atomic E-state index is 0.0290. The zero-order chi connectivity index (χ0) is 19.4. The van der Waals surface area contributed by atoms with Gasteiger partial charge in [-0.2, -0.15) is 4.31 Å². The van der Waals surface area contributed by atoms with Gasteiger partial charge in [0.25, 0.3) is 0 Å². The third-order valence-corrected chi connectivity index (χ3v) is 7.09. The van der Waals surface area contributed by atoms with Gasteiger partial charge in [0.2, 0.25) is 15.9 Å². The van der Waals surface area contributed by atoms with Crippen molar-refractivity contribution in [3.8, 4) is 0 Å². The number of methoxy groups -OCH3 is 1. The Labute approximate surface area is 159 Å². The molecular weight excluding hydrogens is 373 g/mol. The molecular formula is C18H26FN3O4S. The van der Waals surface area contributed by atoms with Gasteiger partial charge in [-0.05, 0) is 31.0 Å². The van der Waals surface area contributed by atoms with Crippen LogP contribution in [0.1, 0.15) is 12.8 Å². The fraction of sp³-hybridized carbons (Fsp3) is 0.611. The second-order valence-corrected chi connectivity index (χ2v) is 8.81. The van der Waals surface area contributed by atoms with Crippen LogP contribution in [0.2, 0.25) is 0 Å². The molecule has 1 aromatic carbocycles. The van der Waals surface area contributed by atoms with Crippen molar-refractivity contribution in [2.45, 2.75) is 23.8 Å². The summed E-state index contributed by atoms with van der Waals surface area (Å²) in [5, 5.41) is 0. The maximum Gasteiger partial charge on any atom is 0.243 e. The number of likely N-dealkylation sites (tertiary alicyclic amines) is 1. The van der Waals surface area contributed by atoms with Gasteiger partial charge in [0.15, 0.2) is 0 Å². The molecule has 0 bridgehead atoms. The summed E-state index contributed by atoms with van der Waals surface area (Å²) >= 11 is 0. The maximum atomic E-state index is 13.4. The minimum atomic E-state index is -3.74. The number of rotatable bonds is 6. The molecule has 3 rings (SSSR count). The van der Waals surface area contributed by atoms with Gasteiger partial charge in [0.1, 0.15) is 5.82 Å². The number of benzene rings is 1. The summed E-state index contributed by atoms with van der Waals surface area (Å²) in [6, 6.07) is 4.89. The summed E-state index contributed by atoms with van der Waals surface area (Å²) in [6.45, 7) is 3.61. The topological polar surface area (TPSA) is 70.2 Å². The normalized spacial score (nSPS) is 23.0. The van der Waals surface area contributed by atoms with Crippen LogP contribution < -0.4 is 0 Å². The van der Waals surface area contributed by atoms with Crippen molar-refractivity contribution in [1.82, 2.24) is 14.1 Å². The Morgan fingerprint density at radius 3 is 2.74 bits per heavy atom. The minimum Gasteiger partial charge on any atom is -0.383 e. The SMILES string of the molecule is COCCN1CCC(N2CCCN(S(=O)(=O)c3cccc(F)c3)CC2)C1=O. The van der Waals surface area contributed by atoms with Crippen LogP contribution in [0.25, 0.3) is 0 Å². The standard InChI is InChI=1S/C18H26FN3O4S/c1-26-13-12-21-9-6-17(18(21)23)20-7-3-8-22(11-10-20)27(24,25)16-5-2-4-15(19)14-16/h2,4-5,14,17H,3,6-13H2,1H3. The predicted molar refractivity (Wildman–Crippen MR) is 98.2 cm³/mol. The summed E-state index contributed by atoms with van der Waals surface area (Å²) < 4.78 is 45.5. The number of hydrogen-bond donors (Lipinski definition) is 0. The van der Waals surface area contributed by atoms with E-state index in [1.54, 1.807) is 12.0 Å². The maximum absolute atomic E-state index is 13.4. The number of hydrogen-bond acceptors (Lipinski definition) is 5. The van der Waals surface area contributed by atoms with E-state index in [4.69, 9.17) is 4.74 Å². The van der Waals surface area contributed by atoms with E-state index in [1.165, 1.54) is 22.5 Å². The lowest BCUT2D eigenvalue weighted by atomic mass is 10.2. The van der Waals surface area contributed by atoms with Crippen molar-refractivity contribution in [2.24, 2.45) is 0 Å². The number of carbonyl (C=O) groups is 1. The monoisotopic (exact) mass is 399 g/mol. The van der Waals surface area contributed by atoms with E-state index in [-0.39, 0.29) is 16.8 Å². The summed E-state index contributed by atoms with van der Waals surface area (Å²) in [5.41, 5.74) is 0. The molecule has 1 aromatic rings. The number of amides is 1. The first-order chi connectivity index (χ1) is 12.9. The van der Waals surface area contributed by atoms with Crippen molar-refractivity contribution < 1.29 is 22.3 Å². The van der Waals surface area contributed by atoms with Crippen LogP contribution in [0.3, 0.4) is 0 Å². The first-order valence-corrected chi connectivity index (χ1v) is 10.6. The lowest BCUT2D eigenvalue weighted by Gasteiger charge is -2.26. The molecule has 2 saturated heterocycles. The van der Waals surface area contributed by atoms with Crippen LogP contribution in [0, 0.1) is 5.82 Å². The van der Waals surface area contributed by atoms with E-state index in [0.29, 0.717) is 52.3 Å². The Hall–Kier alpha value is -1.55. The molecule has 2 heterocycles. The van der Waals surface area contributed by atoms with Gasteiger partial charge in [0.05, 0.1) is 17.5 Å². The predicted octanol–water partition coefficient (Wildman–Crippen LogP) is 0.769. The van der Waals surface area contributed by atoms with Crippen molar-refractivity contribution in [3.63, 3.8) is 0 Å². The van der Waals surface area contributed by atoms with Crippen molar-refractivity contribution in [2.75, 3.05) is 53.0 Å². The molecule has 2 fully saturated rings. The average molecular weight is 399 g/mol. The Kier molecular flexibility index (Phi) is 6.46. The lowest BCUT2D eigenvalue weighted by Crippen LogP contribution is -2.44. The molecule has 0 saturated carbocycles. The second-order valence-electron chi connectivity index (χ2n) is 6.87. The van der Waals surface area contributed by atoms with Crippen molar-refractivity contribution in [1.29, 1.82) is 0 Å². The highest BCUT2D eigenvalue weighted by Gasteiger charge is 2.37. The molecule has 0 aromatic heterocycles. The van der Waals surface area contributed by atoms with Crippen LogP contribution in [0.4, 0.5) is 4.39 Å². The molecule has 9 heteroatoms. The van der Waals surface area contributed by atoms with Gasteiger partial charge in [-0.25, -0.2) is 12.8 Å². The number of sulfonamides is 1. The smallest absolute Gasteiger partial charge is 0.243 e. The zero-order valence-electron chi connectivity index (χ0n) is 15.5. The van der Waals surface area contributed by atoms with E-state index >= 15 is 0 Å². The van der Waals surface area contributed by atoms with Gasteiger partial charge in [-0.15, -0.1) is 0 Å². The highest BCUT2D eigenvalue weighted by Crippen LogP contribution is 2.22. The molecule has 1 atom stereocenters. The Morgan fingerprint density at radius 2 is 2.00 bits per heavy atom. The van der Waals surface area contributed by atoms with E-state index in [2.05, 4.69) is 4.90 Å². The van der Waals surface area contributed by atoms with E-state index in [9.17, 15) is 17.6 Å². The molecule has 27 heavy (non-hydrogen) atoms. The third kappa shape index (κ3) is 4.48. The quantitative estimate of drug-likeness (QED) is 0.707. The fourth-order valence-corrected chi connectivity index (χ4v) is 5.23. The molecule has 0 N–H and O–H groups in total. The van der Waals surface area contributed by atoms with Crippen molar-refractivity contribution >= 4 is 15.9 Å².